The molecular formula is C13H14N2O4S2. The Kier molecular flexibility index (Phi) is 4.01. The van der Waals surface area contributed by atoms with E-state index in [9.17, 15) is 9.59 Å². The molecule has 1 saturated carbocycles. The van der Waals surface area contributed by atoms with E-state index in [1.165, 1.54) is 11.3 Å². The number of aromatic nitrogens is 2. The van der Waals surface area contributed by atoms with Gasteiger partial charge in [0.1, 0.15) is 4.83 Å². The third kappa shape index (κ3) is 2.70. The molecule has 112 valence electrons. The number of nitrogens with zero attached hydrogens (tertiary/aromatic N) is 2. The highest BCUT2D eigenvalue weighted by molar-refractivity contribution is 7.99. The van der Waals surface area contributed by atoms with Crippen LogP contribution < -0.4 is 5.56 Å². The predicted octanol–water partition coefficient (Wildman–Crippen LogP) is 1.98. The molecule has 1 aliphatic rings. The van der Waals surface area contributed by atoms with Crippen molar-refractivity contribution >= 4 is 39.3 Å². The van der Waals surface area contributed by atoms with Crippen molar-refractivity contribution in [2.45, 2.75) is 30.1 Å². The molecule has 2 heterocycles. The monoisotopic (exact) mass is 326 g/mol. The van der Waals surface area contributed by atoms with E-state index < -0.39 is 5.97 Å². The number of thiophene rings is 1. The van der Waals surface area contributed by atoms with Gasteiger partial charge < -0.3 is 9.84 Å². The van der Waals surface area contributed by atoms with Crippen molar-refractivity contribution in [1.29, 1.82) is 0 Å². The van der Waals surface area contributed by atoms with Crippen molar-refractivity contribution in [2.75, 3.05) is 12.9 Å². The van der Waals surface area contributed by atoms with Crippen molar-refractivity contribution in [1.82, 2.24) is 9.55 Å². The quantitative estimate of drug-likeness (QED) is 0.668. The Morgan fingerprint density at radius 3 is 3.05 bits per heavy atom. The second-order valence-corrected chi connectivity index (χ2v) is 6.71. The van der Waals surface area contributed by atoms with Gasteiger partial charge in [-0.15, -0.1) is 11.3 Å². The molecule has 8 heteroatoms. The van der Waals surface area contributed by atoms with Gasteiger partial charge in [0.25, 0.3) is 5.56 Å². The summed E-state index contributed by atoms with van der Waals surface area (Å²) in [5.41, 5.74) is -0.0892. The molecule has 0 amide bonds. The number of ether oxygens (including phenoxy) is 1. The van der Waals surface area contributed by atoms with Crippen molar-refractivity contribution < 1.29 is 14.6 Å². The van der Waals surface area contributed by atoms with Crippen LogP contribution in [0, 0.1) is 0 Å². The highest BCUT2D eigenvalue weighted by atomic mass is 32.2. The molecule has 1 aliphatic carbocycles. The third-order valence-electron chi connectivity index (χ3n) is 3.59. The zero-order valence-corrected chi connectivity index (χ0v) is 12.9. The van der Waals surface area contributed by atoms with Crippen molar-refractivity contribution in [3.63, 3.8) is 0 Å². The number of thioether (sulfide) groups is 1. The summed E-state index contributed by atoms with van der Waals surface area (Å²) < 4.78 is 6.89. The molecule has 1 N–H and O–H groups in total. The Morgan fingerprint density at radius 1 is 1.62 bits per heavy atom. The molecule has 0 aliphatic heterocycles. The fourth-order valence-electron chi connectivity index (χ4n) is 2.40. The highest BCUT2D eigenvalue weighted by Gasteiger charge is 2.33. The molecule has 0 radical (unpaired) electrons. The normalized spacial score (nSPS) is 21.4. The number of hydrogen-bond acceptors (Lipinski definition) is 6. The first kappa shape index (κ1) is 14.6. The molecule has 0 spiro atoms. The number of fused-ring (bicyclic) bond motifs is 1. The van der Waals surface area contributed by atoms with Crippen LogP contribution in [-0.2, 0) is 9.53 Å². The van der Waals surface area contributed by atoms with Crippen LogP contribution in [0.3, 0.4) is 0 Å². The van der Waals surface area contributed by atoms with E-state index in [1.807, 2.05) is 5.38 Å². The van der Waals surface area contributed by atoms with Gasteiger partial charge in [-0.1, -0.05) is 11.8 Å². The topological polar surface area (TPSA) is 81.4 Å². The van der Waals surface area contributed by atoms with Crippen LogP contribution >= 0.6 is 23.1 Å². The molecule has 0 unspecified atom stereocenters. The van der Waals surface area contributed by atoms with Crippen LogP contribution in [0.25, 0.3) is 10.2 Å². The third-order valence-corrected chi connectivity index (χ3v) is 5.33. The summed E-state index contributed by atoms with van der Waals surface area (Å²) in [5, 5.41) is 11.8. The van der Waals surface area contributed by atoms with Gasteiger partial charge in [0, 0.05) is 13.2 Å². The minimum absolute atomic E-state index is 0.0375. The van der Waals surface area contributed by atoms with Gasteiger partial charge in [-0.25, -0.2) is 4.98 Å². The summed E-state index contributed by atoms with van der Waals surface area (Å²) >= 11 is 2.48. The zero-order valence-electron chi connectivity index (χ0n) is 11.3. The fraction of sp³-hybridized carbons (Fsp3) is 0.462. The zero-order chi connectivity index (χ0) is 15.0. The fourth-order valence-corrected chi connectivity index (χ4v) is 3.99. The van der Waals surface area contributed by atoms with Crippen molar-refractivity contribution in [3.8, 4) is 0 Å². The van der Waals surface area contributed by atoms with Crippen LogP contribution in [-0.4, -0.2) is 39.6 Å². The molecule has 0 saturated heterocycles. The molecule has 0 atom stereocenters. The lowest BCUT2D eigenvalue weighted by Gasteiger charge is -2.36. The van der Waals surface area contributed by atoms with Crippen LogP contribution in [0.1, 0.15) is 18.9 Å². The molecule has 1 fully saturated rings. The Morgan fingerprint density at radius 2 is 2.38 bits per heavy atom. The molecule has 2 aromatic rings. The lowest BCUT2D eigenvalue weighted by molar-refractivity contribution is -0.133. The van der Waals surface area contributed by atoms with E-state index in [-0.39, 0.29) is 23.5 Å². The molecule has 3 rings (SSSR count). The smallest absolute Gasteiger partial charge is 0.313 e. The second-order valence-electron chi connectivity index (χ2n) is 4.87. The van der Waals surface area contributed by atoms with Crippen LogP contribution in [0.2, 0.25) is 0 Å². The number of aliphatic carboxylic acids is 1. The Bertz CT molecular complexity index is 733. The van der Waals surface area contributed by atoms with E-state index >= 15 is 0 Å². The predicted molar refractivity (Wildman–Crippen MR) is 81.3 cm³/mol. The molecule has 6 nitrogen and oxygen atoms in total. The van der Waals surface area contributed by atoms with E-state index in [2.05, 4.69) is 4.98 Å². The molecule has 2 aromatic heterocycles. The van der Waals surface area contributed by atoms with Crippen molar-refractivity contribution in [2.24, 2.45) is 0 Å². The first-order valence-corrected chi connectivity index (χ1v) is 8.33. The van der Waals surface area contributed by atoms with Gasteiger partial charge in [0.05, 0.1) is 17.2 Å². The Balaban J connectivity index is 2.01. The maximum absolute atomic E-state index is 12.6. The van der Waals surface area contributed by atoms with Crippen LogP contribution in [0.4, 0.5) is 0 Å². The Hall–Kier alpha value is -1.38. The van der Waals surface area contributed by atoms with Gasteiger partial charge >= 0.3 is 5.97 Å². The first-order chi connectivity index (χ1) is 10.1. The minimum Gasteiger partial charge on any atom is -0.481 e. The van der Waals surface area contributed by atoms with Gasteiger partial charge in [-0.05, 0) is 24.3 Å². The summed E-state index contributed by atoms with van der Waals surface area (Å²) in [5.74, 6) is -1.03. The molecule has 0 bridgehead atoms. The van der Waals surface area contributed by atoms with Crippen LogP contribution in [0.15, 0.2) is 21.4 Å². The number of carbonyl (C=O) groups is 1. The largest absolute Gasteiger partial charge is 0.481 e. The van der Waals surface area contributed by atoms with E-state index in [4.69, 9.17) is 9.84 Å². The summed E-state index contributed by atoms with van der Waals surface area (Å²) in [4.78, 5) is 28.5. The van der Waals surface area contributed by atoms with E-state index in [0.717, 1.165) is 24.6 Å². The molecular weight excluding hydrogens is 312 g/mol. The lowest BCUT2D eigenvalue weighted by Crippen LogP contribution is -2.38. The van der Waals surface area contributed by atoms with Crippen LogP contribution in [0.5, 0.6) is 0 Å². The van der Waals surface area contributed by atoms with E-state index in [0.29, 0.717) is 15.4 Å². The van der Waals surface area contributed by atoms with E-state index in [1.54, 1.807) is 17.7 Å². The maximum Gasteiger partial charge on any atom is 0.313 e. The van der Waals surface area contributed by atoms with Gasteiger partial charge in [-0.3, -0.25) is 14.2 Å². The lowest BCUT2D eigenvalue weighted by atomic mass is 9.89. The molecule has 0 aromatic carbocycles. The number of carboxylic acids is 1. The number of methoxy groups -OCH3 is 1. The Labute approximate surface area is 128 Å². The number of hydrogen-bond donors (Lipinski definition) is 1. The minimum atomic E-state index is -0.921. The number of rotatable bonds is 5. The van der Waals surface area contributed by atoms with Gasteiger partial charge in [0.15, 0.2) is 5.16 Å². The summed E-state index contributed by atoms with van der Waals surface area (Å²) in [6, 6.07) is 1.81. The van der Waals surface area contributed by atoms with Crippen molar-refractivity contribution in [3.05, 3.63) is 21.8 Å². The summed E-state index contributed by atoms with van der Waals surface area (Å²) in [6.45, 7) is 0. The average molecular weight is 326 g/mol. The SMILES string of the molecule is COC1CC(n2c(SCC(=O)O)nc3sccc3c2=O)C1. The van der Waals surface area contributed by atoms with Gasteiger partial charge in [-0.2, -0.15) is 0 Å². The average Bonchev–Trinajstić information content (AvgIpc) is 2.86. The summed E-state index contributed by atoms with van der Waals surface area (Å²) in [7, 11) is 1.66. The summed E-state index contributed by atoms with van der Waals surface area (Å²) in [6.07, 6.45) is 1.68. The maximum atomic E-state index is 12.6. The highest BCUT2D eigenvalue weighted by Crippen LogP contribution is 2.36. The standard InChI is InChI=1S/C13H14N2O4S2/c1-19-8-4-7(5-8)15-12(18)9-2-3-20-11(9)14-13(15)21-6-10(16)17/h2-3,7-8H,4-6H2,1H3,(H,16,17). The van der Waals surface area contributed by atoms with Gasteiger partial charge in [0.2, 0.25) is 0 Å². The number of carboxylic acid groups (broad SMARTS) is 1. The molecule has 21 heavy (non-hydrogen) atoms. The first-order valence-electron chi connectivity index (χ1n) is 6.47. The second kappa shape index (κ2) is 5.78.